The number of carbonyl (C=O) groups is 3. The summed E-state index contributed by atoms with van der Waals surface area (Å²) in [5.74, 6) is -1.81. The van der Waals surface area contributed by atoms with Gasteiger partial charge in [0.1, 0.15) is 13.1 Å². The van der Waals surface area contributed by atoms with E-state index in [0.717, 1.165) is 11.2 Å². The fourth-order valence-electron chi connectivity index (χ4n) is 1.92. The molecule has 0 bridgehead atoms. The van der Waals surface area contributed by atoms with Gasteiger partial charge in [0.25, 0.3) is 5.91 Å². The molecule has 0 aromatic heterocycles. The fourth-order valence-corrected chi connectivity index (χ4v) is 2.61. The first kappa shape index (κ1) is 15.0. The van der Waals surface area contributed by atoms with Crippen LogP contribution >= 0.6 is 0 Å². The van der Waals surface area contributed by atoms with Crippen LogP contribution in [0, 0.1) is 0 Å². The van der Waals surface area contributed by atoms with Gasteiger partial charge in [-0.1, -0.05) is 0 Å². The van der Waals surface area contributed by atoms with E-state index in [-0.39, 0.29) is 29.2 Å². The molecule has 1 fully saturated rings. The molecular formula is C12H13N3O5S. The number of nitrogens with zero attached hydrogens (tertiary/aromatic N) is 1. The second-order valence-corrected chi connectivity index (χ2v) is 6.71. The molecule has 0 spiro atoms. The molecule has 1 aromatic carbocycles. The molecule has 112 valence electrons. The lowest BCUT2D eigenvalue weighted by Gasteiger charge is -2.25. The van der Waals surface area contributed by atoms with Gasteiger partial charge in [-0.05, 0) is 18.2 Å². The Hall–Kier alpha value is -2.42. The number of hydrogen-bond acceptors (Lipinski definition) is 6. The highest BCUT2D eigenvalue weighted by atomic mass is 32.2. The highest BCUT2D eigenvalue weighted by Crippen LogP contribution is 2.18. The monoisotopic (exact) mass is 311 g/mol. The van der Waals surface area contributed by atoms with Crippen LogP contribution in [0.3, 0.4) is 0 Å². The van der Waals surface area contributed by atoms with Gasteiger partial charge in [0.2, 0.25) is 11.8 Å². The summed E-state index contributed by atoms with van der Waals surface area (Å²) in [4.78, 5) is 35.7. The van der Waals surface area contributed by atoms with Gasteiger partial charge < -0.3 is 10.6 Å². The van der Waals surface area contributed by atoms with E-state index < -0.39 is 27.6 Å². The summed E-state index contributed by atoms with van der Waals surface area (Å²) in [5.41, 5.74) is 5.71. The summed E-state index contributed by atoms with van der Waals surface area (Å²) in [6.45, 7) is -0.541. The first-order valence-corrected chi connectivity index (χ1v) is 7.78. The molecule has 8 nitrogen and oxygen atoms in total. The maximum Gasteiger partial charge on any atom is 0.254 e. The number of sulfone groups is 1. The van der Waals surface area contributed by atoms with E-state index in [1.807, 2.05) is 0 Å². The zero-order valence-electron chi connectivity index (χ0n) is 11.1. The first-order chi connectivity index (χ1) is 9.66. The van der Waals surface area contributed by atoms with E-state index in [0.29, 0.717) is 0 Å². The van der Waals surface area contributed by atoms with Gasteiger partial charge in [-0.15, -0.1) is 0 Å². The Morgan fingerprint density at radius 1 is 1.19 bits per heavy atom. The zero-order valence-corrected chi connectivity index (χ0v) is 11.9. The minimum atomic E-state index is -3.53. The van der Waals surface area contributed by atoms with Crippen LogP contribution in [0.4, 0.5) is 5.69 Å². The van der Waals surface area contributed by atoms with Crippen molar-refractivity contribution < 1.29 is 22.8 Å². The number of nitrogen functional groups attached to an aromatic ring is 1. The summed E-state index contributed by atoms with van der Waals surface area (Å²) in [5, 5.41) is 2.07. The highest BCUT2D eigenvalue weighted by molar-refractivity contribution is 7.90. The van der Waals surface area contributed by atoms with E-state index >= 15 is 0 Å². The third-order valence-electron chi connectivity index (χ3n) is 2.84. The number of hydrogen-bond donors (Lipinski definition) is 2. The van der Waals surface area contributed by atoms with Crippen molar-refractivity contribution in [3.05, 3.63) is 23.8 Å². The van der Waals surface area contributed by atoms with Crippen molar-refractivity contribution in [3.63, 3.8) is 0 Å². The molecule has 0 unspecified atom stereocenters. The number of amides is 3. The van der Waals surface area contributed by atoms with Gasteiger partial charge in [-0.25, -0.2) is 8.42 Å². The smallest absolute Gasteiger partial charge is 0.254 e. The number of imide groups is 1. The summed E-state index contributed by atoms with van der Waals surface area (Å²) in [7, 11) is -3.53. The van der Waals surface area contributed by atoms with Crippen molar-refractivity contribution in [1.29, 1.82) is 0 Å². The maximum atomic E-state index is 12.3. The molecule has 0 atom stereocenters. The summed E-state index contributed by atoms with van der Waals surface area (Å²) < 4.78 is 23.1. The quantitative estimate of drug-likeness (QED) is 0.520. The van der Waals surface area contributed by atoms with Crippen molar-refractivity contribution >= 4 is 33.2 Å². The molecule has 1 heterocycles. The second kappa shape index (κ2) is 5.17. The predicted octanol–water partition coefficient (Wildman–Crippen LogP) is -1.23. The summed E-state index contributed by atoms with van der Waals surface area (Å²) in [6, 6.07) is 3.71. The van der Waals surface area contributed by atoms with Crippen LogP contribution in [0.15, 0.2) is 23.1 Å². The Balaban J connectivity index is 2.37. The van der Waals surface area contributed by atoms with Gasteiger partial charge in [0.15, 0.2) is 9.84 Å². The number of anilines is 1. The normalized spacial score (nSPS) is 15.8. The van der Waals surface area contributed by atoms with Crippen LogP contribution in [-0.2, 0) is 19.4 Å². The zero-order chi connectivity index (χ0) is 15.8. The van der Waals surface area contributed by atoms with Crippen LogP contribution in [0.2, 0.25) is 0 Å². The highest BCUT2D eigenvalue weighted by Gasteiger charge is 2.27. The topological polar surface area (TPSA) is 127 Å². The van der Waals surface area contributed by atoms with Gasteiger partial charge in [-0.2, -0.15) is 0 Å². The number of piperazine rings is 1. The Kier molecular flexibility index (Phi) is 3.69. The van der Waals surface area contributed by atoms with E-state index in [4.69, 9.17) is 5.73 Å². The van der Waals surface area contributed by atoms with Crippen molar-refractivity contribution in [2.75, 3.05) is 25.1 Å². The van der Waals surface area contributed by atoms with Crippen LogP contribution in [0.1, 0.15) is 10.4 Å². The lowest BCUT2D eigenvalue weighted by molar-refractivity contribution is -0.135. The largest absolute Gasteiger partial charge is 0.399 e. The molecular weight excluding hydrogens is 298 g/mol. The third kappa shape index (κ3) is 3.37. The molecule has 1 aliphatic heterocycles. The van der Waals surface area contributed by atoms with E-state index in [1.54, 1.807) is 0 Å². The molecule has 0 aliphatic carbocycles. The lowest BCUT2D eigenvalue weighted by atomic mass is 10.1. The average molecular weight is 311 g/mol. The number of carbonyl (C=O) groups excluding carboxylic acids is 3. The van der Waals surface area contributed by atoms with Gasteiger partial charge in [0, 0.05) is 17.5 Å². The number of nitrogens with two attached hydrogens (primary N) is 1. The molecule has 1 saturated heterocycles. The molecule has 1 aromatic rings. The van der Waals surface area contributed by atoms with Crippen molar-refractivity contribution in [2.24, 2.45) is 0 Å². The van der Waals surface area contributed by atoms with E-state index in [1.165, 1.54) is 18.2 Å². The Bertz CT molecular complexity index is 725. The minimum absolute atomic E-state index is 0.0120. The fraction of sp³-hybridized carbons (Fsp3) is 0.250. The average Bonchev–Trinajstić information content (AvgIpc) is 2.35. The standard InChI is InChI=1S/C12H13N3O5S/c1-21(19,20)9-3-7(2-8(13)4-9)12(18)15-5-10(16)14-11(17)6-15/h2-4H,5-6,13H2,1H3,(H,14,16,17). The predicted molar refractivity (Wildman–Crippen MR) is 73.0 cm³/mol. The van der Waals surface area contributed by atoms with Crippen molar-refractivity contribution in [2.45, 2.75) is 4.90 Å². The van der Waals surface area contributed by atoms with Crippen LogP contribution < -0.4 is 11.1 Å². The van der Waals surface area contributed by atoms with Crippen LogP contribution in [0.25, 0.3) is 0 Å². The van der Waals surface area contributed by atoms with Crippen LogP contribution in [-0.4, -0.2) is 50.4 Å². The minimum Gasteiger partial charge on any atom is -0.399 e. The molecule has 0 radical (unpaired) electrons. The first-order valence-electron chi connectivity index (χ1n) is 5.89. The molecule has 0 saturated carbocycles. The Morgan fingerprint density at radius 2 is 1.76 bits per heavy atom. The van der Waals surface area contributed by atoms with Crippen molar-refractivity contribution in [3.8, 4) is 0 Å². The van der Waals surface area contributed by atoms with Gasteiger partial charge >= 0.3 is 0 Å². The van der Waals surface area contributed by atoms with E-state index in [9.17, 15) is 22.8 Å². The molecule has 1 aliphatic rings. The number of rotatable bonds is 2. The van der Waals surface area contributed by atoms with Crippen LogP contribution in [0.5, 0.6) is 0 Å². The lowest BCUT2D eigenvalue weighted by Crippen LogP contribution is -2.53. The van der Waals surface area contributed by atoms with Gasteiger partial charge in [-0.3, -0.25) is 19.7 Å². The number of nitrogens with one attached hydrogen (secondary N) is 1. The second-order valence-electron chi connectivity index (χ2n) is 4.70. The molecule has 3 amide bonds. The molecule has 2 rings (SSSR count). The van der Waals surface area contributed by atoms with Crippen molar-refractivity contribution in [1.82, 2.24) is 10.2 Å². The Morgan fingerprint density at radius 3 is 2.29 bits per heavy atom. The summed E-state index contributed by atoms with van der Waals surface area (Å²) in [6.07, 6.45) is 0.994. The number of benzene rings is 1. The summed E-state index contributed by atoms with van der Waals surface area (Å²) >= 11 is 0. The Labute approximate surface area is 120 Å². The van der Waals surface area contributed by atoms with Gasteiger partial charge in [0.05, 0.1) is 4.90 Å². The SMILES string of the molecule is CS(=O)(=O)c1cc(N)cc(C(=O)N2CC(=O)NC(=O)C2)c1. The maximum absolute atomic E-state index is 12.3. The van der Waals surface area contributed by atoms with E-state index in [2.05, 4.69) is 5.32 Å². The molecule has 3 N–H and O–H groups in total. The third-order valence-corrected chi connectivity index (χ3v) is 3.93. The molecule has 9 heteroatoms. The molecule has 21 heavy (non-hydrogen) atoms.